The van der Waals surface area contributed by atoms with Crippen molar-refractivity contribution in [3.8, 4) is 0 Å². The molecule has 0 spiro atoms. The molecule has 112 valence electrons. The maximum absolute atomic E-state index is 12.2. The molecule has 0 heterocycles. The number of nitrogens with one attached hydrogen (secondary N) is 1. The molecule has 1 saturated carbocycles. The summed E-state index contributed by atoms with van der Waals surface area (Å²) in [5.74, 6) is -0.931. The lowest BCUT2D eigenvalue weighted by molar-refractivity contribution is -0.157. The highest BCUT2D eigenvalue weighted by molar-refractivity contribution is 5.85. The minimum atomic E-state index is -0.821. The summed E-state index contributed by atoms with van der Waals surface area (Å²) in [6.45, 7) is 0. The fourth-order valence-corrected chi connectivity index (χ4v) is 3.48. The van der Waals surface area contributed by atoms with Crippen molar-refractivity contribution in [2.24, 2.45) is 5.41 Å². The van der Waals surface area contributed by atoms with Gasteiger partial charge in [0.15, 0.2) is 0 Å². The molecular formula is C17H21NO3. The third-order valence-corrected chi connectivity index (χ3v) is 4.98. The molecule has 0 aliphatic heterocycles. The van der Waals surface area contributed by atoms with Crippen molar-refractivity contribution in [2.45, 2.75) is 51.0 Å². The second-order valence-corrected chi connectivity index (χ2v) is 6.39. The molecule has 4 nitrogen and oxygen atoms in total. The highest BCUT2D eigenvalue weighted by Crippen LogP contribution is 2.44. The molecule has 2 aliphatic carbocycles. The number of hydrogen-bond acceptors (Lipinski definition) is 2. The molecule has 0 saturated heterocycles. The molecular weight excluding hydrogens is 266 g/mol. The number of fused-ring (bicyclic) bond motifs is 1. The lowest BCUT2D eigenvalue weighted by Crippen LogP contribution is -2.45. The summed E-state index contributed by atoms with van der Waals surface area (Å²) < 4.78 is 0. The van der Waals surface area contributed by atoms with Crippen LogP contribution in [0.1, 0.15) is 43.2 Å². The number of aryl methyl sites for hydroxylation is 1. The van der Waals surface area contributed by atoms with Crippen molar-refractivity contribution in [2.75, 3.05) is 0 Å². The van der Waals surface area contributed by atoms with E-state index in [0.717, 1.165) is 25.7 Å². The first-order valence-corrected chi connectivity index (χ1v) is 7.69. The summed E-state index contributed by atoms with van der Waals surface area (Å²) >= 11 is 0. The Hall–Kier alpha value is -1.84. The van der Waals surface area contributed by atoms with Crippen molar-refractivity contribution in [1.29, 1.82) is 0 Å². The van der Waals surface area contributed by atoms with Gasteiger partial charge in [-0.3, -0.25) is 9.59 Å². The van der Waals surface area contributed by atoms with Gasteiger partial charge in [0.25, 0.3) is 0 Å². The molecule has 0 bridgehead atoms. The van der Waals surface area contributed by atoms with Crippen LogP contribution in [0.15, 0.2) is 24.3 Å². The van der Waals surface area contributed by atoms with Gasteiger partial charge in [0.1, 0.15) is 0 Å². The van der Waals surface area contributed by atoms with Crippen LogP contribution >= 0.6 is 0 Å². The van der Waals surface area contributed by atoms with E-state index in [1.54, 1.807) is 0 Å². The molecule has 1 fully saturated rings. The third kappa shape index (κ3) is 2.80. The largest absolute Gasteiger partial charge is 0.481 e. The van der Waals surface area contributed by atoms with Crippen LogP contribution < -0.4 is 5.32 Å². The van der Waals surface area contributed by atoms with Gasteiger partial charge in [-0.15, -0.1) is 0 Å². The Morgan fingerprint density at radius 2 is 1.95 bits per heavy atom. The standard InChI is InChI=1S/C17H21NO3/c19-15(11-17(16(20)21)8-3-9-17)18-14-7-6-12-4-1-2-5-13(12)10-14/h1-2,4-5,14H,3,6-11H2,(H,18,19)(H,20,21). The number of hydrogen-bond donors (Lipinski definition) is 2. The second-order valence-electron chi connectivity index (χ2n) is 6.39. The molecule has 21 heavy (non-hydrogen) atoms. The normalized spacial score (nSPS) is 22.8. The second kappa shape index (κ2) is 5.51. The summed E-state index contributed by atoms with van der Waals surface area (Å²) in [6, 6.07) is 8.46. The molecule has 1 aromatic rings. The van der Waals surface area contributed by atoms with Crippen LogP contribution in [-0.2, 0) is 22.4 Å². The highest BCUT2D eigenvalue weighted by atomic mass is 16.4. The van der Waals surface area contributed by atoms with E-state index in [0.29, 0.717) is 12.8 Å². The predicted molar refractivity (Wildman–Crippen MR) is 78.9 cm³/mol. The van der Waals surface area contributed by atoms with Crippen molar-refractivity contribution < 1.29 is 14.7 Å². The van der Waals surface area contributed by atoms with E-state index in [2.05, 4.69) is 17.4 Å². The maximum Gasteiger partial charge on any atom is 0.310 e. The zero-order valence-electron chi connectivity index (χ0n) is 12.1. The summed E-state index contributed by atoms with van der Waals surface area (Å²) in [4.78, 5) is 23.5. The van der Waals surface area contributed by atoms with E-state index >= 15 is 0 Å². The minimum absolute atomic E-state index is 0.110. The average Bonchev–Trinajstić information content (AvgIpc) is 2.42. The molecule has 1 atom stereocenters. The monoisotopic (exact) mass is 287 g/mol. The number of rotatable bonds is 4. The number of carbonyl (C=O) groups excluding carboxylic acids is 1. The van der Waals surface area contributed by atoms with E-state index in [1.807, 2.05) is 12.1 Å². The maximum atomic E-state index is 12.2. The van der Waals surface area contributed by atoms with Gasteiger partial charge in [-0.05, 0) is 43.2 Å². The molecule has 0 aromatic heterocycles. The average molecular weight is 287 g/mol. The number of carbonyl (C=O) groups is 2. The van der Waals surface area contributed by atoms with Gasteiger partial charge in [0.05, 0.1) is 5.41 Å². The molecule has 4 heteroatoms. The van der Waals surface area contributed by atoms with Crippen molar-refractivity contribution in [3.05, 3.63) is 35.4 Å². The quantitative estimate of drug-likeness (QED) is 0.893. The Balaban J connectivity index is 1.58. The molecule has 0 radical (unpaired) electrons. The number of carboxylic acid groups (broad SMARTS) is 1. The highest BCUT2D eigenvalue weighted by Gasteiger charge is 2.46. The Morgan fingerprint density at radius 3 is 2.57 bits per heavy atom. The number of benzene rings is 1. The zero-order chi connectivity index (χ0) is 14.9. The Bertz CT molecular complexity index is 563. The SMILES string of the molecule is O=C(CC1(C(=O)O)CCC1)NC1CCc2ccccc2C1. The van der Waals surface area contributed by atoms with E-state index in [4.69, 9.17) is 0 Å². The Labute approximate surface area is 124 Å². The third-order valence-electron chi connectivity index (χ3n) is 4.98. The summed E-state index contributed by atoms with van der Waals surface area (Å²) in [5.41, 5.74) is 1.87. The Kier molecular flexibility index (Phi) is 3.70. The molecule has 1 amide bonds. The van der Waals surface area contributed by atoms with Crippen LogP contribution in [0.4, 0.5) is 0 Å². The van der Waals surface area contributed by atoms with Gasteiger partial charge in [0.2, 0.25) is 5.91 Å². The van der Waals surface area contributed by atoms with Crippen LogP contribution in [0.25, 0.3) is 0 Å². The van der Waals surface area contributed by atoms with Gasteiger partial charge in [-0.1, -0.05) is 30.7 Å². The van der Waals surface area contributed by atoms with Crippen LogP contribution in [-0.4, -0.2) is 23.0 Å². The summed E-state index contributed by atoms with van der Waals surface area (Å²) in [6.07, 6.45) is 5.05. The fraction of sp³-hybridized carbons (Fsp3) is 0.529. The van der Waals surface area contributed by atoms with E-state index in [1.165, 1.54) is 11.1 Å². The lowest BCUT2D eigenvalue weighted by atomic mass is 9.66. The van der Waals surface area contributed by atoms with Gasteiger partial charge in [-0.25, -0.2) is 0 Å². The summed E-state index contributed by atoms with van der Waals surface area (Å²) in [7, 11) is 0. The molecule has 2 aliphatic rings. The Morgan fingerprint density at radius 1 is 1.24 bits per heavy atom. The topological polar surface area (TPSA) is 66.4 Å². The number of aliphatic carboxylic acids is 1. The molecule has 1 aromatic carbocycles. The number of carboxylic acids is 1. The minimum Gasteiger partial charge on any atom is -0.481 e. The first kappa shape index (κ1) is 14.1. The first-order chi connectivity index (χ1) is 10.1. The predicted octanol–water partition coefficient (Wildman–Crippen LogP) is 2.31. The van der Waals surface area contributed by atoms with Crippen molar-refractivity contribution >= 4 is 11.9 Å². The van der Waals surface area contributed by atoms with Crippen LogP contribution in [0, 0.1) is 5.41 Å². The summed E-state index contributed by atoms with van der Waals surface area (Å²) in [5, 5.41) is 12.3. The van der Waals surface area contributed by atoms with Crippen molar-refractivity contribution in [3.63, 3.8) is 0 Å². The molecule has 1 unspecified atom stereocenters. The van der Waals surface area contributed by atoms with Gasteiger partial charge in [0, 0.05) is 12.5 Å². The van der Waals surface area contributed by atoms with Crippen LogP contribution in [0.2, 0.25) is 0 Å². The van der Waals surface area contributed by atoms with E-state index in [9.17, 15) is 14.7 Å². The first-order valence-electron chi connectivity index (χ1n) is 7.69. The lowest BCUT2D eigenvalue weighted by Gasteiger charge is -2.37. The van der Waals surface area contributed by atoms with E-state index in [-0.39, 0.29) is 18.4 Å². The van der Waals surface area contributed by atoms with Crippen LogP contribution in [0.5, 0.6) is 0 Å². The van der Waals surface area contributed by atoms with E-state index < -0.39 is 11.4 Å². The molecule has 3 rings (SSSR count). The van der Waals surface area contributed by atoms with Gasteiger partial charge < -0.3 is 10.4 Å². The molecule has 2 N–H and O–H groups in total. The van der Waals surface area contributed by atoms with Gasteiger partial charge in [-0.2, -0.15) is 0 Å². The van der Waals surface area contributed by atoms with Gasteiger partial charge >= 0.3 is 5.97 Å². The zero-order valence-corrected chi connectivity index (χ0v) is 12.1. The smallest absolute Gasteiger partial charge is 0.310 e. The van der Waals surface area contributed by atoms with Crippen LogP contribution in [0.3, 0.4) is 0 Å². The fourth-order valence-electron chi connectivity index (χ4n) is 3.48. The number of amides is 1. The van der Waals surface area contributed by atoms with Crippen molar-refractivity contribution in [1.82, 2.24) is 5.32 Å².